The Kier molecular flexibility index (Phi) is 4.40. The molecule has 0 unspecified atom stereocenters. The summed E-state index contributed by atoms with van der Waals surface area (Å²) in [5.74, 6) is -0.789. The lowest BCUT2D eigenvalue weighted by Crippen LogP contribution is -2.26. The van der Waals surface area contributed by atoms with Gasteiger partial charge in [0.15, 0.2) is 0 Å². The number of carbonyl (C=O) groups excluding carboxylic acids is 1. The van der Waals surface area contributed by atoms with E-state index in [2.05, 4.69) is 9.99 Å². The van der Waals surface area contributed by atoms with Gasteiger partial charge < -0.3 is 5.11 Å². The van der Waals surface area contributed by atoms with Gasteiger partial charge in [-0.25, -0.2) is 4.79 Å². The average molecular weight is 290 g/mol. The van der Waals surface area contributed by atoms with Crippen molar-refractivity contribution in [2.24, 2.45) is 0 Å². The molecule has 0 atom stereocenters. The van der Waals surface area contributed by atoms with Crippen LogP contribution in [0.2, 0.25) is 0 Å². The number of aliphatic hydroxyl groups is 1. The molecule has 0 aliphatic carbocycles. The molecule has 0 saturated heterocycles. The number of rotatable bonds is 5. The van der Waals surface area contributed by atoms with Crippen molar-refractivity contribution >= 4 is 5.97 Å². The zero-order chi connectivity index (χ0) is 15.5. The molecule has 0 bridgehead atoms. The second kappa shape index (κ2) is 6.07. The summed E-state index contributed by atoms with van der Waals surface area (Å²) in [4.78, 5) is 15.1. The maximum absolute atomic E-state index is 11.4. The zero-order valence-electron chi connectivity index (χ0n) is 12.0. The van der Waals surface area contributed by atoms with Crippen LogP contribution in [0.4, 0.5) is 0 Å². The van der Waals surface area contributed by atoms with E-state index in [0.29, 0.717) is 6.54 Å². The van der Waals surface area contributed by atoms with Crippen molar-refractivity contribution in [1.29, 1.82) is 0 Å². The molecule has 2 aromatic rings. The van der Waals surface area contributed by atoms with Gasteiger partial charge in [0, 0.05) is 11.6 Å². The van der Waals surface area contributed by atoms with Crippen LogP contribution in [0.1, 0.15) is 35.5 Å². The smallest absolute Gasteiger partial charge is 0.372 e. The van der Waals surface area contributed by atoms with E-state index in [1.54, 1.807) is 35.1 Å². The minimum atomic E-state index is -0.789. The van der Waals surface area contributed by atoms with Crippen LogP contribution >= 0.6 is 0 Å². The first-order chi connectivity index (χ1) is 9.97. The number of hydrogen-bond acceptors (Lipinski definition) is 5. The molecule has 1 heterocycles. The van der Waals surface area contributed by atoms with Gasteiger partial charge in [-0.15, -0.1) is 0 Å². The molecule has 1 aromatic carbocycles. The fourth-order valence-corrected chi connectivity index (χ4v) is 2.22. The van der Waals surface area contributed by atoms with Crippen molar-refractivity contribution in [1.82, 2.24) is 9.78 Å². The number of aliphatic hydroxyl groups excluding tert-OH is 1. The molecule has 2 N–H and O–H groups in total. The highest BCUT2D eigenvalue weighted by Crippen LogP contribution is 2.26. The minimum absolute atomic E-state index is 0.0764. The Labute approximate surface area is 122 Å². The van der Waals surface area contributed by atoms with Gasteiger partial charge in [0.2, 0.25) is 0 Å². The SMILES string of the molecule is CC(C)(Cn1nccc1CO)c1cccc(C(=O)OO)c1. The Balaban J connectivity index is 2.29. The van der Waals surface area contributed by atoms with Crippen LogP contribution in [0, 0.1) is 0 Å². The maximum Gasteiger partial charge on any atom is 0.372 e. The first-order valence-electron chi connectivity index (χ1n) is 6.56. The lowest BCUT2D eigenvalue weighted by atomic mass is 9.84. The lowest BCUT2D eigenvalue weighted by Gasteiger charge is -2.26. The monoisotopic (exact) mass is 290 g/mol. The fraction of sp³-hybridized carbons (Fsp3) is 0.333. The Morgan fingerprint density at radius 3 is 2.81 bits per heavy atom. The largest absolute Gasteiger partial charge is 0.390 e. The van der Waals surface area contributed by atoms with Gasteiger partial charge in [-0.05, 0) is 23.8 Å². The van der Waals surface area contributed by atoms with Crippen LogP contribution in [-0.4, -0.2) is 26.1 Å². The second-order valence-corrected chi connectivity index (χ2v) is 5.48. The summed E-state index contributed by atoms with van der Waals surface area (Å²) >= 11 is 0. The summed E-state index contributed by atoms with van der Waals surface area (Å²) in [5.41, 5.74) is 1.60. The molecule has 112 valence electrons. The molecule has 0 spiro atoms. The van der Waals surface area contributed by atoms with Gasteiger partial charge in [-0.3, -0.25) is 9.57 Å². The minimum Gasteiger partial charge on any atom is -0.390 e. The van der Waals surface area contributed by atoms with Gasteiger partial charge >= 0.3 is 5.97 Å². The van der Waals surface area contributed by atoms with E-state index in [9.17, 15) is 9.90 Å². The third-order valence-corrected chi connectivity index (χ3v) is 3.47. The maximum atomic E-state index is 11.4. The molecule has 0 saturated carbocycles. The first-order valence-corrected chi connectivity index (χ1v) is 6.56. The van der Waals surface area contributed by atoms with Crippen molar-refractivity contribution in [3.63, 3.8) is 0 Å². The van der Waals surface area contributed by atoms with Crippen molar-refractivity contribution in [3.05, 3.63) is 53.3 Å². The van der Waals surface area contributed by atoms with Gasteiger partial charge in [0.05, 0.1) is 24.4 Å². The van der Waals surface area contributed by atoms with Crippen LogP contribution in [0.15, 0.2) is 36.5 Å². The quantitative estimate of drug-likeness (QED) is 0.649. The summed E-state index contributed by atoms with van der Waals surface area (Å²) in [5, 5.41) is 21.9. The molecular weight excluding hydrogens is 272 g/mol. The van der Waals surface area contributed by atoms with E-state index in [4.69, 9.17) is 5.26 Å². The Morgan fingerprint density at radius 2 is 2.14 bits per heavy atom. The molecule has 21 heavy (non-hydrogen) atoms. The number of benzene rings is 1. The van der Waals surface area contributed by atoms with Gasteiger partial charge in [0.1, 0.15) is 0 Å². The highest BCUT2D eigenvalue weighted by atomic mass is 17.1. The van der Waals surface area contributed by atoms with Crippen LogP contribution in [0.25, 0.3) is 0 Å². The van der Waals surface area contributed by atoms with E-state index in [1.165, 1.54) is 0 Å². The van der Waals surface area contributed by atoms with Crippen molar-refractivity contribution in [2.75, 3.05) is 0 Å². The summed E-state index contributed by atoms with van der Waals surface area (Å²) < 4.78 is 1.73. The highest BCUT2D eigenvalue weighted by molar-refractivity contribution is 5.89. The first kappa shape index (κ1) is 15.2. The number of nitrogens with zero attached hydrogens (tertiary/aromatic N) is 2. The molecule has 0 aliphatic heterocycles. The molecule has 6 nitrogen and oxygen atoms in total. The molecular formula is C15H18N2O4. The fourth-order valence-electron chi connectivity index (χ4n) is 2.22. The lowest BCUT2D eigenvalue weighted by molar-refractivity contribution is -0.182. The van der Waals surface area contributed by atoms with E-state index < -0.39 is 5.97 Å². The molecule has 1 aromatic heterocycles. The topological polar surface area (TPSA) is 84.6 Å². The van der Waals surface area contributed by atoms with E-state index >= 15 is 0 Å². The van der Waals surface area contributed by atoms with Crippen molar-refractivity contribution in [3.8, 4) is 0 Å². The van der Waals surface area contributed by atoms with Crippen LogP contribution < -0.4 is 0 Å². The Morgan fingerprint density at radius 1 is 1.38 bits per heavy atom. The molecule has 2 rings (SSSR count). The predicted octanol–water partition coefficient (Wildman–Crippen LogP) is 1.98. The summed E-state index contributed by atoms with van der Waals surface area (Å²) in [6.07, 6.45) is 1.64. The number of carbonyl (C=O) groups is 1. The van der Waals surface area contributed by atoms with Crippen LogP contribution in [-0.2, 0) is 23.5 Å². The van der Waals surface area contributed by atoms with Gasteiger partial charge in [-0.2, -0.15) is 10.4 Å². The number of aromatic nitrogens is 2. The van der Waals surface area contributed by atoms with E-state index in [1.807, 2.05) is 19.9 Å². The molecule has 0 aliphatic rings. The summed E-state index contributed by atoms with van der Waals surface area (Å²) in [7, 11) is 0. The molecule has 0 radical (unpaired) electrons. The average Bonchev–Trinajstić information content (AvgIpc) is 2.93. The van der Waals surface area contributed by atoms with Crippen molar-refractivity contribution < 1.29 is 20.0 Å². The Hall–Kier alpha value is -2.18. The van der Waals surface area contributed by atoms with E-state index in [0.717, 1.165) is 11.3 Å². The highest BCUT2D eigenvalue weighted by Gasteiger charge is 2.24. The van der Waals surface area contributed by atoms with Gasteiger partial charge in [0.25, 0.3) is 0 Å². The van der Waals surface area contributed by atoms with Crippen LogP contribution in [0.3, 0.4) is 0 Å². The molecule has 6 heteroatoms. The summed E-state index contributed by atoms with van der Waals surface area (Å²) in [6.45, 7) is 4.50. The summed E-state index contributed by atoms with van der Waals surface area (Å²) in [6, 6.07) is 8.65. The molecule has 0 fully saturated rings. The third kappa shape index (κ3) is 3.29. The number of hydrogen-bond donors (Lipinski definition) is 2. The predicted molar refractivity (Wildman–Crippen MR) is 75.7 cm³/mol. The van der Waals surface area contributed by atoms with E-state index in [-0.39, 0.29) is 17.6 Å². The second-order valence-electron chi connectivity index (χ2n) is 5.48. The third-order valence-electron chi connectivity index (χ3n) is 3.47. The normalized spacial score (nSPS) is 11.4. The zero-order valence-corrected chi connectivity index (χ0v) is 12.0. The van der Waals surface area contributed by atoms with Crippen molar-refractivity contribution in [2.45, 2.75) is 32.4 Å². The molecule has 0 amide bonds. The Bertz CT molecular complexity index is 634. The van der Waals surface area contributed by atoms with Gasteiger partial charge in [-0.1, -0.05) is 26.0 Å². The standard InChI is InChI=1S/C15H18N2O4/c1-15(2,10-17-13(9-18)6-7-16-17)12-5-3-4-11(8-12)14(19)21-20/h3-8,18,20H,9-10H2,1-2H3. The van der Waals surface area contributed by atoms with Crippen LogP contribution in [0.5, 0.6) is 0 Å².